The van der Waals surface area contributed by atoms with Crippen molar-refractivity contribution < 1.29 is 9.53 Å². The maximum Gasteiger partial charge on any atom is 0.250 e. The molecular formula is C12H15ClN2O2. The average Bonchev–Trinajstić information content (AvgIpc) is 2.64. The van der Waals surface area contributed by atoms with E-state index in [-0.39, 0.29) is 12.1 Å². The molecule has 0 saturated carbocycles. The van der Waals surface area contributed by atoms with Crippen LogP contribution in [0.4, 0.5) is 5.69 Å². The molecule has 0 spiro atoms. The predicted octanol–water partition coefficient (Wildman–Crippen LogP) is 2.03. The monoisotopic (exact) mass is 254 g/mol. The van der Waals surface area contributed by atoms with Crippen LogP contribution in [0.3, 0.4) is 0 Å². The number of primary amides is 1. The Hall–Kier alpha value is -1.26. The lowest BCUT2D eigenvalue weighted by Gasteiger charge is -2.17. The molecule has 1 aromatic carbocycles. The van der Waals surface area contributed by atoms with Gasteiger partial charge in [-0.25, -0.2) is 0 Å². The van der Waals surface area contributed by atoms with Crippen LogP contribution in [-0.2, 0) is 4.74 Å². The van der Waals surface area contributed by atoms with Gasteiger partial charge in [0.1, 0.15) is 0 Å². The van der Waals surface area contributed by atoms with Gasteiger partial charge in [0.05, 0.1) is 22.7 Å². The number of benzene rings is 1. The van der Waals surface area contributed by atoms with Crippen molar-refractivity contribution in [3.8, 4) is 0 Å². The largest absolute Gasteiger partial charge is 0.380 e. The second-order valence-electron chi connectivity index (χ2n) is 4.17. The molecule has 0 radical (unpaired) electrons. The van der Waals surface area contributed by atoms with Crippen LogP contribution < -0.4 is 11.1 Å². The summed E-state index contributed by atoms with van der Waals surface area (Å²) in [5.74, 6) is -0.515. The second kappa shape index (κ2) is 4.94. The van der Waals surface area contributed by atoms with Crippen molar-refractivity contribution in [3.63, 3.8) is 0 Å². The Kier molecular flexibility index (Phi) is 3.54. The second-order valence-corrected chi connectivity index (χ2v) is 4.58. The molecule has 0 aliphatic carbocycles. The first kappa shape index (κ1) is 12.2. The molecule has 1 saturated heterocycles. The predicted molar refractivity (Wildman–Crippen MR) is 67.4 cm³/mol. The lowest BCUT2D eigenvalue weighted by molar-refractivity contribution is 0.100. The van der Waals surface area contributed by atoms with Gasteiger partial charge < -0.3 is 15.8 Å². The van der Waals surface area contributed by atoms with E-state index in [0.717, 1.165) is 18.7 Å². The van der Waals surface area contributed by atoms with Crippen LogP contribution in [0.1, 0.15) is 23.7 Å². The van der Waals surface area contributed by atoms with Gasteiger partial charge in [-0.1, -0.05) is 11.6 Å². The third kappa shape index (κ3) is 2.70. The number of nitrogens with two attached hydrogens (primary N) is 1. The minimum atomic E-state index is -0.515. The summed E-state index contributed by atoms with van der Waals surface area (Å²) in [4.78, 5) is 11.0. The van der Waals surface area contributed by atoms with Crippen LogP contribution in [0.25, 0.3) is 0 Å². The molecule has 1 aliphatic rings. The number of nitrogens with one attached hydrogen (secondary N) is 1. The Balaban J connectivity index is 2.12. The zero-order valence-corrected chi connectivity index (χ0v) is 10.3. The molecule has 1 heterocycles. The van der Waals surface area contributed by atoms with Crippen LogP contribution in [0.15, 0.2) is 18.2 Å². The van der Waals surface area contributed by atoms with Crippen molar-refractivity contribution in [2.45, 2.75) is 25.5 Å². The van der Waals surface area contributed by atoms with E-state index in [1.54, 1.807) is 18.2 Å². The molecule has 92 valence electrons. The van der Waals surface area contributed by atoms with Crippen molar-refractivity contribution in [2.75, 3.05) is 11.9 Å². The smallest absolute Gasteiger partial charge is 0.250 e. The third-order valence-electron chi connectivity index (χ3n) is 2.96. The van der Waals surface area contributed by atoms with Crippen LogP contribution in [0.5, 0.6) is 0 Å². The molecule has 17 heavy (non-hydrogen) atoms. The number of ether oxygens (including phenoxy) is 1. The standard InChI is InChI=1S/C12H15ClN2O2/c1-7-11(4-5-17-7)15-8-2-3-9(12(14)16)10(13)6-8/h2-3,6-7,11,15H,4-5H2,1H3,(H2,14,16). The molecule has 1 aromatic rings. The highest BCUT2D eigenvalue weighted by atomic mass is 35.5. The van der Waals surface area contributed by atoms with E-state index in [9.17, 15) is 4.79 Å². The highest BCUT2D eigenvalue weighted by molar-refractivity contribution is 6.34. The number of anilines is 1. The van der Waals surface area contributed by atoms with Crippen molar-refractivity contribution in [2.24, 2.45) is 5.73 Å². The number of amides is 1. The molecule has 3 N–H and O–H groups in total. The molecule has 1 fully saturated rings. The van der Waals surface area contributed by atoms with Gasteiger partial charge in [0.15, 0.2) is 0 Å². The summed E-state index contributed by atoms with van der Waals surface area (Å²) in [7, 11) is 0. The number of carbonyl (C=O) groups excluding carboxylic acids is 1. The van der Waals surface area contributed by atoms with Crippen LogP contribution in [0, 0.1) is 0 Å². The fourth-order valence-electron chi connectivity index (χ4n) is 1.94. The molecule has 2 atom stereocenters. The lowest BCUT2D eigenvalue weighted by Crippen LogP contribution is -2.26. The van der Waals surface area contributed by atoms with E-state index in [0.29, 0.717) is 10.6 Å². The third-order valence-corrected chi connectivity index (χ3v) is 3.28. The first-order valence-electron chi connectivity index (χ1n) is 5.55. The molecule has 1 amide bonds. The zero-order valence-electron chi connectivity index (χ0n) is 9.57. The minimum absolute atomic E-state index is 0.185. The Morgan fingerprint density at radius 3 is 2.88 bits per heavy atom. The van der Waals surface area contributed by atoms with Crippen molar-refractivity contribution in [1.82, 2.24) is 0 Å². The Labute approximate surface area is 105 Å². The van der Waals surface area contributed by atoms with E-state index in [2.05, 4.69) is 5.32 Å². The summed E-state index contributed by atoms with van der Waals surface area (Å²) in [6.07, 6.45) is 1.15. The highest BCUT2D eigenvalue weighted by Gasteiger charge is 2.23. The van der Waals surface area contributed by atoms with Crippen molar-refractivity contribution in [3.05, 3.63) is 28.8 Å². The van der Waals surface area contributed by atoms with Gasteiger partial charge in [-0.3, -0.25) is 4.79 Å². The maximum atomic E-state index is 11.0. The molecule has 2 rings (SSSR count). The van der Waals surface area contributed by atoms with Crippen LogP contribution in [0.2, 0.25) is 5.02 Å². The van der Waals surface area contributed by atoms with Gasteiger partial charge in [-0.15, -0.1) is 0 Å². The van der Waals surface area contributed by atoms with Gasteiger partial charge in [0, 0.05) is 12.3 Å². The summed E-state index contributed by atoms with van der Waals surface area (Å²) >= 11 is 5.97. The van der Waals surface area contributed by atoms with Gasteiger partial charge in [-0.05, 0) is 31.5 Å². The molecule has 1 aliphatic heterocycles. The van der Waals surface area contributed by atoms with Gasteiger partial charge in [0.2, 0.25) is 5.91 Å². The Morgan fingerprint density at radius 2 is 2.35 bits per heavy atom. The quantitative estimate of drug-likeness (QED) is 0.868. The summed E-state index contributed by atoms with van der Waals surface area (Å²) in [6.45, 7) is 2.80. The van der Waals surface area contributed by atoms with E-state index in [1.807, 2.05) is 6.92 Å². The molecule has 2 unspecified atom stereocenters. The summed E-state index contributed by atoms with van der Waals surface area (Å²) in [6, 6.07) is 5.43. The van der Waals surface area contributed by atoms with Gasteiger partial charge >= 0.3 is 0 Å². The minimum Gasteiger partial charge on any atom is -0.380 e. The first-order valence-corrected chi connectivity index (χ1v) is 5.93. The van der Waals surface area contributed by atoms with Crippen LogP contribution >= 0.6 is 11.6 Å². The molecule has 4 nitrogen and oxygen atoms in total. The SMILES string of the molecule is CC1OCCC1Nc1ccc(C(N)=O)c(Cl)c1. The van der Waals surface area contributed by atoms with Crippen molar-refractivity contribution >= 4 is 23.2 Å². The van der Waals surface area contributed by atoms with E-state index in [4.69, 9.17) is 22.1 Å². The van der Waals surface area contributed by atoms with E-state index < -0.39 is 5.91 Å². The zero-order chi connectivity index (χ0) is 12.4. The van der Waals surface area contributed by atoms with Gasteiger partial charge in [-0.2, -0.15) is 0 Å². The van der Waals surface area contributed by atoms with Gasteiger partial charge in [0.25, 0.3) is 0 Å². The average molecular weight is 255 g/mol. The van der Waals surface area contributed by atoms with E-state index >= 15 is 0 Å². The summed E-state index contributed by atoms with van der Waals surface area (Å²) < 4.78 is 5.46. The van der Waals surface area contributed by atoms with Crippen LogP contribution in [-0.4, -0.2) is 24.7 Å². The molecular weight excluding hydrogens is 240 g/mol. The normalized spacial score (nSPS) is 23.6. The number of rotatable bonds is 3. The fourth-order valence-corrected chi connectivity index (χ4v) is 2.21. The topological polar surface area (TPSA) is 64.3 Å². The number of carbonyl (C=O) groups is 1. The maximum absolute atomic E-state index is 11.0. The van der Waals surface area contributed by atoms with E-state index in [1.165, 1.54) is 0 Å². The number of hydrogen-bond acceptors (Lipinski definition) is 3. The number of hydrogen-bond donors (Lipinski definition) is 2. The number of halogens is 1. The molecule has 0 bridgehead atoms. The summed E-state index contributed by atoms with van der Waals surface area (Å²) in [5, 5.41) is 3.71. The molecule has 0 aromatic heterocycles. The van der Waals surface area contributed by atoms with Crippen molar-refractivity contribution in [1.29, 1.82) is 0 Å². The Bertz CT molecular complexity index is 437. The first-order chi connectivity index (χ1) is 8.08. The summed E-state index contributed by atoms with van der Waals surface area (Å²) in [5.41, 5.74) is 6.40. The molecule has 5 heteroatoms. The fraction of sp³-hybridized carbons (Fsp3) is 0.417. The lowest BCUT2D eigenvalue weighted by atomic mass is 10.1. The Morgan fingerprint density at radius 1 is 1.59 bits per heavy atom. The highest BCUT2D eigenvalue weighted by Crippen LogP contribution is 2.24.